The monoisotopic (exact) mass is 491 g/mol. The maximum atomic E-state index is 13.4. The summed E-state index contributed by atoms with van der Waals surface area (Å²) in [5, 5.41) is 5.12. The summed E-state index contributed by atoms with van der Waals surface area (Å²) < 4.78 is 40.2. The molecule has 8 heteroatoms. The summed E-state index contributed by atoms with van der Waals surface area (Å²) in [4.78, 5) is 19.3. The Morgan fingerprint density at radius 3 is 2.68 bits per heavy atom. The number of nitrogens with one attached hydrogen (secondary N) is 1. The Labute approximate surface area is 203 Å². The minimum atomic E-state index is -4.38. The second-order valence-corrected chi connectivity index (χ2v) is 10.9. The standard InChI is InChI=1S/C26H32F3N3OS/c27-26(28,29)19-8-9-23-18(15-19)16-22(25(33)30-11-10-21-7-4-14-34-21)24-17-31(12-13-32(23)24)20-5-2-1-3-6-20/h4,7-9,14-15,20,22,24H,1-3,5-6,10-13,16-17H2,(H,30,33). The second-order valence-electron chi connectivity index (χ2n) is 9.82. The van der Waals surface area contributed by atoms with Crippen LogP contribution in [0, 0.1) is 5.92 Å². The zero-order valence-corrected chi connectivity index (χ0v) is 20.1. The molecule has 5 rings (SSSR count). The Bertz CT molecular complexity index is 988. The number of nitrogens with zero attached hydrogens (tertiary/aromatic N) is 2. The number of amides is 1. The van der Waals surface area contributed by atoms with Crippen LogP contribution in [-0.2, 0) is 23.8 Å². The molecule has 0 spiro atoms. The summed E-state index contributed by atoms with van der Waals surface area (Å²) in [6, 6.07) is 8.66. The Balaban J connectivity index is 1.37. The number of hydrogen-bond acceptors (Lipinski definition) is 4. The van der Waals surface area contributed by atoms with E-state index in [-0.39, 0.29) is 17.9 Å². The summed E-state index contributed by atoms with van der Waals surface area (Å²) in [5.74, 6) is -0.397. The molecule has 2 unspecified atom stereocenters. The zero-order valence-electron chi connectivity index (χ0n) is 19.3. The predicted molar refractivity (Wildman–Crippen MR) is 129 cm³/mol. The van der Waals surface area contributed by atoms with E-state index in [9.17, 15) is 18.0 Å². The average molecular weight is 492 g/mol. The molecule has 184 valence electrons. The number of thiophene rings is 1. The van der Waals surface area contributed by atoms with Crippen LogP contribution in [0.5, 0.6) is 0 Å². The molecule has 2 atom stereocenters. The number of alkyl halides is 3. The first kappa shape index (κ1) is 23.7. The normalized spacial score (nSPS) is 23.9. The number of benzene rings is 1. The third-order valence-corrected chi connectivity index (χ3v) is 8.69. The van der Waals surface area contributed by atoms with Crippen molar-refractivity contribution in [2.45, 2.75) is 63.2 Å². The van der Waals surface area contributed by atoms with E-state index in [0.29, 0.717) is 24.6 Å². The van der Waals surface area contributed by atoms with Crippen LogP contribution >= 0.6 is 11.3 Å². The van der Waals surface area contributed by atoms with E-state index < -0.39 is 11.7 Å². The van der Waals surface area contributed by atoms with Crippen LogP contribution in [0.1, 0.15) is 48.1 Å². The van der Waals surface area contributed by atoms with Crippen molar-refractivity contribution in [3.05, 3.63) is 51.7 Å². The summed E-state index contributed by atoms with van der Waals surface area (Å²) in [5.41, 5.74) is 0.863. The second kappa shape index (κ2) is 9.90. The molecule has 1 N–H and O–H groups in total. The van der Waals surface area contributed by atoms with Gasteiger partial charge >= 0.3 is 6.18 Å². The molecule has 4 nitrogen and oxygen atoms in total. The number of halogens is 3. The van der Waals surface area contributed by atoms with E-state index in [1.807, 2.05) is 11.4 Å². The SMILES string of the molecule is O=C(NCCc1cccs1)C1Cc2cc(C(F)(F)F)ccc2N2CCN(C3CCCCC3)CC12. The van der Waals surface area contributed by atoms with E-state index in [4.69, 9.17) is 0 Å². The van der Waals surface area contributed by atoms with Gasteiger partial charge in [-0.3, -0.25) is 9.69 Å². The maximum absolute atomic E-state index is 13.4. The number of carbonyl (C=O) groups excluding carboxylic acids is 1. The molecule has 3 heterocycles. The van der Waals surface area contributed by atoms with Crippen LogP contribution in [0.25, 0.3) is 0 Å². The topological polar surface area (TPSA) is 35.6 Å². The number of anilines is 1. The molecule has 0 bridgehead atoms. The molecule has 1 amide bonds. The van der Waals surface area contributed by atoms with Gasteiger partial charge in [0.05, 0.1) is 17.5 Å². The van der Waals surface area contributed by atoms with Gasteiger partial charge in [-0.15, -0.1) is 11.3 Å². The number of fused-ring (bicyclic) bond motifs is 3. The van der Waals surface area contributed by atoms with Gasteiger partial charge in [-0.2, -0.15) is 13.2 Å². The first-order valence-corrected chi connectivity index (χ1v) is 13.3. The molecule has 2 aromatic rings. The molecule has 1 aromatic heterocycles. The van der Waals surface area contributed by atoms with Crippen molar-refractivity contribution in [3.63, 3.8) is 0 Å². The van der Waals surface area contributed by atoms with Crippen LogP contribution in [0.3, 0.4) is 0 Å². The first-order chi connectivity index (χ1) is 16.4. The zero-order chi connectivity index (χ0) is 23.7. The Kier molecular flexibility index (Phi) is 6.89. The molecule has 1 saturated carbocycles. The number of rotatable bonds is 5. The molecule has 0 radical (unpaired) electrons. The van der Waals surface area contributed by atoms with Crippen molar-refractivity contribution < 1.29 is 18.0 Å². The number of piperazine rings is 1. The van der Waals surface area contributed by atoms with E-state index in [1.54, 1.807) is 17.4 Å². The minimum Gasteiger partial charge on any atom is -0.365 e. The highest BCUT2D eigenvalue weighted by Crippen LogP contribution is 2.40. The largest absolute Gasteiger partial charge is 0.416 e. The number of carbonyl (C=O) groups is 1. The van der Waals surface area contributed by atoms with E-state index >= 15 is 0 Å². The highest BCUT2D eigenvalue weighted by molar-refractivity contribution is 7.09. The van der Waals surface area contributed by atoms with Crippen LogP contribution in [0.15, 0.2) is 35.7 Å². The van der Waals surface area contributed by atoms with Gasteiger partial charge in [-0.05, 0) is 60.9 Å². The lowest BCUT2D eigenvalue weighted by molar-refractivity contribution is -0.137. The minimum absolute atomic E-state index is 0.0124. The summed E-state index contributed by atoms with van der Waals surface area (Å²) in [6.07, 6.45) is 2.95. The van der Waals surface area contributed by atoms with Gasteiger partial charge < -0.3 is 10.2 Å². The van der Waals surface area contributed by atoms with Crippen molar-refractivity contribution in [1.29, 1.82) is 0 Å². The van der Waals surface area contributed by atoms with Crippen molar-refractivity contribution in [2.75, 3.05) is 31.1 Å². The number of hydrogen-bond donors (Lipinski definition) is 1. The molecule has 1 aromatic carbocycles. The lowest BCUT2D eigenvalue weighted by Crippen LogP contribution is -2.62. The van der Waals surface area contributed by atoms with Gasteiger partial charge in [-0.1, -0.05) is 25.3 Å². The molecule has 34 heavy (non-hydrogen) atoms. The molecule has 3 aliphatic rings. The maximum Gasteiger partial charge on any atom is 0.416 e. The molecular weight excluding hydrogens is 459 g/mol. The van der Waals surface area contributed by atoms with Crippen LogP contribution in [0.4, 0.5) is 18.9 Å². The first-order valence-electron chi connectivity index (χ1n) is 12.4. The van der Waals surface area contributed by atoms with Gasteiger partial charge in [0, 0.05) is 42.8 Å². The van der Waals surface area contributed by atoms with Crippen molar-refractivity contribution >= 4 is 22.9 Å². The molecule has 1 aliphatic carbocycles. The summed E-state index contributed by atoms with van der Waals surface area (Å²) in [7, 11) is 0. The Morgan fingerprint density at radius 1 is 1.12 bits per heavy atom. The average Bonchev–Trinajstić information content (AvgIpc) is 3.36. The van der Waals surface area contributed by atoms with E-state index in [2.05, 4.69) is 21.2 Å². The van der Waals surface area contributed by atoms with Crippen molar-refractivity contribution in [1.82, 2.24) is 10.2 Å². The Hall–Kier alpha value is -2.06. The highest BCUT2D eigenvalue weighted by Gasteiger charge is 2.43. The fourth-order valence-electron chi connectivity index (χ4n) is 5.99. The van der Waals surface area contributed by atoms with E-state index in [0.717, 1.165) is 31.7 Å². The smallest absolute Gasteiger partial charge is 0.365 e. The molecule has 2 fully saturated rings. The van der Waals surface area contributed by atoms with Crippen molar-refractivity contribution in [3.8, 4) is 0 Å². The quantitative estimate of drug-likeness (QED) is 0.631. The molecule has 1 saturated heterocycles. The molecule has 2 aliphatic heterocycles. The van der Waals surface area contributed by atoms with E-state index in [1.165, 1.54) is 49.1 Å². The van der Waals surface area contributed by atoms with Gasteiger partial charge in [0.2, 0.25) is 5.91 Å². The van der Waals surface area contributed by atoms with Crippen molar-refractivity contribution in [2.24, 2.45) is 5.92 Å². The lowest BCUT2D eigenvalue weighted by Gasteiger charge is -2.51. The summed E-state index contributed by atoms with van der Waals surface area (Å²) >= 11 is 1.67. The fourth-order valence-corrected chi connectivity index (χ4v) is 6.70. The predicted octanol–water partition coefficient (Wildman–Crippen LogP) is 5.12. The highest BCUT2D eigenvalue weighted by atomic mass is 32.1. The van der Waals surface area contributed by atoms with Crippen LogP contribution < -0.4 is 10.2 Å². The van der Waals surface area contributed by atoms with Gasteiger partial charge in [-0.25, -0.2) is 0 Å². The van der Waals surface area contributed by atoms with Gasteiger partial charge in [0.1, 0.15) is 0 Å². The van der Waals surface area contributed by atoms with Crippen LogP contribution in [0.2, 0.25) is 0 Å². The van der Waals surface area contributed by atoms with Crippen LogP contribution in [-0.4, -0.2) is 49.1 Å². The molecular formula is C26H32F3N3OS. The Morgan fingerprint density at radius 2 is 1.94 bits per heavy atom. The van der Waals surface area contributed by atoms with Gasteiger partial charge in [0.15, 0.2) is 0 Å². The fraction of sp³-hybridized carbons (Fsp3) is 0.577. The van der Waals surface area contributed by atoms with Gasteiger partial charge in [0.25, 0.3) is 0 Å². The summed E-state index contributed by atoms with van der Waals surface area (Å²) in [6.45, 7) is 2.99. The lowest BCUT2D eigenvalue weighted by atomic mass is 9.82. The third kappa shape index (κ3) is 4.98. The third-order valence-electron chi connectivity index (χ3n) is 7.75.